The van der Waals surface area contributed by atoms with Crippen LogP contribution in [0.2, 0.25) is 0 Å². The van der Waals surface area contributed by atoms with Gasteiger partial charge in [-0.25, -0.2) is 0 Å². The van der Waals surface area contributed by atoms with E-state index < -0.39 is 0 Å². The Hall–Kier alpha value is -0.220. The molecule has 0 aliphatic heterocycles. The highest BCUT2D eigenvalue weighted by atomic mass is 32.2. The van der Waals surface area contributed by atoms with E-state index in [-0.39, 0.29) is 22.7 Å². The van der Waals surface area contributed by atoms with Crippen LogP contribution in [0.25, 0.3) is 0 Å². The Labute approximate surface area is 102 Å². The van der Waals surface area contributed by atoms with Crippen molar-refractivity contribution < 1.29 is 9.90 Å². The van der Waals surface area contributed by atoms with Crippen molar-refractivity contribution in [1.29, 1.82) is 0 Å². The Morgan fingerprint density at radius 2 is 2.06 bits per heavy atom. The van der Waals surface area contributed by atoms with Gasteiger partial charge in [0.15, 0.2) is 0 Å². The van der Waals surface area contributed by atoms with E-state index in [0.29, 0.717) is 5.75 Å². The summed E-state index contributed by atoms with van der Waals surface area (Å²) in [5.41, 5.74) is 0.219. The Bertz CT molecular complexity index is 244. The van der Waals surface area contributed by atoms with Gasteiger partial charge in [0.05, 0.1) is 5.75 Å². The molecule has 0 unspecified atom stereocenters. The summed E-state index contributed by atoms with van der Waals surface area (Å²) in [5, 5.41) is 11.9. The summed E-state index contributed by atoms with van der Waals surface area (Å²) >= 11 is 1.66. The zero-order valence-electron chi connectivity index (χ0n) is 10.5. The van der Waals surface area contributed by atoms with Gasteiger partial charge in [0, 0.05) is 17.9 Å². The molecule has 1 aliphatic rings. The van der Waals surface area contributed by atoms with Crippen LogP contribution in [0.5, 0.6) is 0 Å². The van der Waals surface area contributed by atoms with E-state index in [1.165, 1.54) is 0 Å². The molecule has 1 amide bonds. The molecule has 1 saturated carbocycles. The van der Waals surface area contributed by atoms with Gasteiger partial charge in [-0.3, -0.25) is 4.79 Å². The van der Waals surface area contributed by atoms with Crippen molar-refractivity contribution in [3.63, 3.8) is 0 Å². The molecule has 0 spiro atoms. The predicted octanol–water partition coefficient (Wildman–Crippen LogP) is 1.80. The van der Waals surface area contributed by atoms with Gasteiger partial charge in [-0.05, 0) is 24.7 Å². The van der Waals surface area contributed by atoms with Crippen molar-refractivity contribution >= 4 is 17.7 Å². The van der Waals surface area contributed by atoms with Crippen LogP contribution in [0, 0.1) is 5.41 Å². The topological polar surface area (TPSA) is 49.3 Å². The molecule has 0 bridgehead atoms. The molecule has 0 aromatic carbocycles. The van der Waals surface area contributed by atoms with Crippen LogP contribution in [0.3, 0.4) is 0 Å². The van der Waals surface area contributed by atoms with Crippen LogP contribution < -0.4 is 5.32 Å². The molecule has 0 heterocycles. The number of rotatable bonds is 6. The molecule has 0 aromatic rings. The van der Waals surface area contributed by atoms with Crippen LogP contribution in [0.4, 0.5) is 0 Å². The van der Waals surface area contributed by atoms with Gasteiger partial charge in [0.25, 0.3) is 0 Å². The smallest absolute Gasteiger partial charge is 0.230 e. The number of amides is 1. The minimum absolute atomic E-state index is 0.115. The number of aliphatic hydroxyl groups is 1. The minimum Gasteiger partial charge on any atom is -0.396 e. The van der Waals surface area contributed by atoms with E-state index in [9.17, 15) is 4.79 Å². The second-order valence-corrected chi connectivity index (χ2v) is 7.45. The summed E-state index contributed by atoms with van der Waals surface area (Å²) in [4.78, 5) is 11.6. The molecule has 0 radical (unpaired) electrons. The maximum absolute atomic E-state index is 11.6. The fraction of sp³-hybridized carbons (Fsp3) is 0.917. The fourth-order valence-electron chi connectivity index (χ4n) is 1.55. The predicted molar refractivity (Wildman–Crippen MR) is 68.6 cm³/mol. The quantitative estimate of drug-likeness (QED) is 0.750. The van der Waals surface area contributed by atoms with Gasteiger partial charge < -0.3 is 10.4 Å². The lowest BCUT2D eigenvalue weighted by Crippen LogP contribution is -2.32. The molecule has 0 aromatic heterocycles. The monoisotopic (exact) mass is 245 g/mol. The minimum atomic E-state index is 0.115. The van der Waals surface area contributed by atoms with E-state index in [0.717, 1.165) is 25.8 Å². The van der Waals surface area contributed by atoms with Gasteiger partial charge in [-0.2, -0.15) is 0 Å². The van der Waals surface area contributed by atoms with Crippen LogP contribution in [0.1, 0.15) is 40.0 Å². The van der Waals surface area contributed by atoms with Gasteiger partial charge in [0.1, 0.15) is 0 Å². The first kappa shape index (κ1) is 13.8. The second-order valence-electron chi connectivity index (χ2n) is 5.65. The summed E-state index contributed by atoms with van der Waals surface area (Å²) in [5.74, 6) is 0.641. The lowest BCUT2D eigenvalue weighted by atomic mass is 10.0. The Balaban J connectivity index is 2.16. The van der Waals surface area contributed by atoms with E-state index in [1.807, 2.05) is 0 Å². The van der Waals surface area contributed by atoms with E-state index in [4.69, 9.17) is 5.11 Å². The summed E-state index contributed by atoms with van der Waals surface area (Å²) in [7, 11) is 0. The third kappa shape index (κ3) is 5.21. The Kier molecular flexibility index (Phi) is 4.68. The third-order valence-corrected chi connectivity index (χ3v) is 4.17. The molecule has 4 heteroatoms. The highest BCUT2D eigenvalue weighted by molar-refractivity contribution is 8.01. The number of aliphatic hydroxyl groups excluding tert-OH is 1. The first-order valence-electron chi connectivity index (χ1n) is 5.88. The van der Waals surface area contributed by atoms with Crippen LogP contribution in [0.15, 0.2) is 0 Å². The van der Waals surface area contributed by atoms with Crippen LogP contribution in [-0.2, 0) is 4.79 Å². The summed E-state index contributed by atoms with van der Waals surface area (Å²) in [6, 6.07) is 0. The molecule has 1 aliphatic carbocycles. The Morgan fingerprint density at radius 1 is 1.44 bits per heavy atom. The molecular weight excluding hydrogens is 222 g/mol. The van der Waals surface area contributed by atoms with Gasteiger partial charge in [0.2, 0.25) is 5.91 Å². The lowest BCUT2D eigenvalue weighted by Gasteiger charge is -2.18. The third-order valence-electron chi connectivity index (χ3n) is 2.90. The van der Waals surface area contributed by atoms with Gasteiger partial charge in [-0.15, -0.1) is 11.8 Å². The number of thioether (sulfide) groups is 1. The van der Waals surface area contributed by atoms with Gasteiger partial charge >= 0.3 is 0 Å². The highest BCUT2D eigenvalue weighted by Gasteiger charge is 2.41. The first-order chi connectivity index (χ1) is 7.37. The van der Waals surface area contributed by atoms with Gasteiger partial charge in [-0.1, -0.05) is 20.8 Å². The number of nitrogens with one attached hydrogen (secondary N) is 1. The Morgan fingerprint density at radius 3 is 2.50 bits per heavy atom. The summed E-state index contributed by atoms with van der Waals surface area (Å²) in [6.07, 6.45) is 3.10. The average molecular weight is 245 g/mol. The van der Waals surface area contributed by atoms with Crippen molar-refractivity contribution in [2.45, 2.75) is 44.8 Å². The molecule has 1 fully saturated rings. The normalized spacial score (nSPS) is 18.2. The molecule has 16 heavy (non-hydrogen) atoms. The fourth-order valence-corrected chi connectivity index (χ4v) is 2.21. The molecule has 0 saturated heterocycles. The maximum atomic E-state index is 11.6. The van der Waals surface area contributed by atoms with E-state index in [1.54, 1.807) is 11.8 Å². The summed E-state index contributed by atoms with van der Waals surface area (Å²) in [6.45, 7) is 7.29. The molecule has 2 N–H and O–H groups in total. The van der Waals surface area contributed by atoms with Crippen LogP contribution >= 0.6 is 11.8 Å². The van der Waals surface area contributed by atoms with Crippen LogP contribution in [-0.4, -0.2) is 34.7 Å². The standard InChI is InChI=1S/C12H23NO2S/c1-11(2,3)16-8-10(15)13-9-12(4-5-12)6-7-14/h14H,4-9H2,1-3H3,(H,13,15). The number of carbonyl (C=O) groups excluding carboxylic acids is 1. The van der Waals surface area contributed by atoms with Crippen molar-refractivity contribution in [3.05, 3.63) is 0 Å². The highest BCUT2D eigenvalue weighted by Crippen LogP contribution is 2.47. The number of hydrogen-bond donors (Lipinski definition) is 2. The maximum Gasteiger partial charge on any atom is 0.230 e. The zero-order chi connectivity index (χ0) is 12.2. The second kappa shape index (κ2) is 5.41. The molecule has 3 nitrogen and oxygen atoms in total. The van der Waals surface area contributed by atoms with Crippen molar-refractivity contribution in [2.75, 3.05) is 18.9 Å². The lowest BCUT2D eigenvalue weighted by molar-refractivity contribution is -0.118. The average Bonchev–Trinajstić information content (AvgIpc) is 2.92. The largest absolute Gasteiger partial charge is 0.396 e. The first-order valence-corrected chi connectivity index (χ1v) is 6.87. The summed E-state index contributed by atoms with van der Waals surface area (Å²) < 4.78 is 0.139. The molecule has 1 rings (SSSR count). The van der Waals surface area contributed by atoms with Crippen molar-refractivity contribution in [1.82, 2.24) is 5.32 Å². The SMILES string of the molecule is CC(C)(C)SCC(=O)NCC1(CCO)CC1. The molecule has 94 valence electrons. The van der Waals surface area contributed by atoms with Crippen molar-refractivity contribution in [3.8, 4) is 0 Å². The molecule has 0 atom stereocenters. The zero-order valence-corrected chi connectivity index (χ0v) is 11.3. The number of hydrogen-bond acceptors (Lipinski definition) is 3. The van der Waals surface area contributed by atoms with Crippen molar-refractivity contribution in [2.24, 2.45) is 5.41 Å². The van der Waals surface area contributed by atoms with E-state index >= 15 is 0 Å². The molecular formula is C12H23NO2S. The number of carbonyl (C=O) groups is 1. The van der Waals surface area contributed by atoms with E-state index in [2.05, 4.69) is 26.1 Å².